The third-order valence-corrected chi connectivity index (χ3v) is 3.02. The first-order chi connectivity index (χ1) is 9.88. The Morgan fingerprint density at radius 2 is 1.95 bits per heavy atom. The van der Waals surface area contributed by atoms with Gasteiger partial charge in [0.05, 0.1) is 6.54 Å². The van der Waals surface area contributed by atoms with Crippen LogP contribution in [-0.4, -0.2) is 13.1 Å². The van der Waals surface area contributed by atoms with Gasteiger partial charge in [-0.15, -0.1) is 5.92 Å². The van der Waals surface area contributed by atoms with Gasteiger partial charge in [-0.25, -0.2) is 0 Å². The SMILES string of the molecule is C=C/C=C/CN(CC#CCCCCC)c1ccccc1. The lowest BCUT2D eigenvalue weighted by Gasteiger charge is -2.20. The molecule has 0 saturated carbocycles. The number of allylic oxidation sites excluding steroid dienone is 2. The highest BCUT2D eigenvalue weighted by Crippen LogP contribution is 2.12. The Morgan fingerprint density at radius 1 is 1.15 bits per heavy atom. The van der Waals surface area contributed by atoms with Crippen molar-refractivity contribution in [2.75, 3.05) is 18.0 Å². The van der Waals surface area contributed by atoms with E-state index in [9.17, 15) is 0 Å². The molecule has 0 fully saturated rings. The molecule has 1 aromatic rings. The van der Waals surface area contributed by atoms with Gasteiger partial charge in [-0.2, -0.15) is 0 Å². The molecule has 0 aliphatic carbocycles. The molecule has 0 aromatic heterocycles. The Morgan fingerprint density at radius 3 is 2.65 bits per heavy atom. The minimum Gasteiger partial charge on any atom is -0.357 e. The summed E-state index contributed by atoms with van der Waals surface area (Å²) in [5, 5.41) is 0. The fourth-order valence-electron chi connectivity index (χ4n) is 1.89. The van der Waals surface area contributed by atoms with Crippen molar-refractivity contribution in [3.8, 4) is 11.8 Å². The smallest absolute Gasteiger partial charge is 0.0797 e. The van der Waals surface area contributed by atoms with E-state index in [2.05, 4.69) is 60.6 Å². The highest BCUT2D eigenvalue weighted by atomic mass is 15.1. The highest BCUT2D eigenvalue weighted by molar-refractivity contribution is 5.48. The zero-order chi connectivity index (χ0) is 14.5. The number of unbranched alkanes of at least 4 members (excludes halogenated alkanes) is 3. The van der Waals surface area contributed by atoms with Gasteiger partial charge in [-0.3, -0.25) is 0 Å². The first kappa shape index (κ1) is 16.1. The molecule has 1 nitrogen and oxygen atoms in total. The van der Waals surface area contributed by atoms with Gasteiger partial charge >= 0.3 is 0 Å². The van der Waals surface area contributed by atoms with Crippen molar-refractivity contribution in [2.45, 2.75) is 32.6 Å². The second kappa shape index (κ2) is 10.9. The summed E-state index contributed by atoms with van der Waals surface area (Å²) in [6.45, 7) is 7.56. The van der Waals surface area contributed by atoms with Gasteiger partial charge in [0.25, 0.3) is 0 Å². The molecule has 0 atom stereocenters. The first-order valence-electron chi connectivity index (χ1n) is 7.41. The number of anilines is 1. The minimum atomic E-state index is 0.775. The monoisotopic (exact) mass is 267 g/mol. The van der Waals surface area contributed by atoms with E-state index in [1.165, 1.54) is 24.9 Å². The molecular formula is C19H25N. The Bertz CT molecular complexity index is 448. The summed E-state index contributed by atoms with van der Waals surface area (Å²) in [5.41, 5.74) is 1.21. The van der Waals surface area contributed by atoms with Gasteiger partial charge < -0.3 is 4.90 Å². The van der Waals surface area contributed by atoms with Crippen LogP contribution in [0.4, 0.5) is 5.69 Å². The van der Waals surface area contributed by atoms with E-state index in [1.807, 2.05) is 12.1 Å². The summed E-state index contributed by atoms with van der Waals surface area (Å²) < 4.78 is 0. The third-order valence-electron chi connectivity index (χ3n) is 3.02. The molecule has 1 aromatic carbocycles. The lowest BCUT2D eigenvalue weighted by molar-refractivity contribution is 0.737. The predicted molar refractivity (Wildman–Crippen MR) is 89.9 cm³/mol. The van der Waals surface area contributed by atoms with Gasteiger partial charge in [0.1, 0.15) is 0 Å². The molecule has 0 spiro atoms. The molecule has 0 unspecified atom stereocenters. The molecule has 0 N–H and O–H groups in total. The largest absolute Gasteiger partial charge is 0.357 e. The van der Waals surface area contributed by atoms with Crippen molar-refractivity contribution in [3.63, 3.8) is 0 Å². The Balaban J connectivity index is 2.54. The van der Waals surface area contributed by atoms with E-state index >= 15 is 0 Å². The second-order valence-corrected chi connectivity index (χ2v) is 4.69. The standard InChI is InChI=1S/C19H25N/c1-3-5-7-8-9-14-18-20(17-13-6-4-2)19-15-11-10-12-16-19/h4,6,10-13,15-16H,2-3,5,7-8,17-18H2,1H3/b13-6+. The number of para-hydroxylation sites is 1. The second-order valence-electron chi connectivity index (χ2n) is 4.69. The Labute approximate surface area is 124 Å². The normalized spacial score (nSPS) is 10.1. The molecule has 106 valence electrons. The van der Waals surface area contributed by atoms with E-state index in [0.717, 1.165) is 19.5 Å². The van der Waals surface area contributed by atoms with Crippen LogP contribution in [-0.2, 0) is 0 Å². The Hall–Kier alpha value is -1.94. The predicted octanol–water partition coefficient (Wildman–Crippen LogP) is 4.82. The maximum absolute atomic E-state index is 3.70. The molecule has 0 aliphatic rings. The topological polar surface area (TPSA) is 3.24 Å². The molecular weight excluding hydrogens is 242 g/mol. The van der Waals surface area contributed by atoms with Crippen molar-refractivity contribution in [3.05, 3.63) is 55.1 Å². The third kappa shape index (κ3) is 6.85. The quantitative estimate of drug-likeness (QED) is 0.371. The minimum absolute atomic E-state index is 0.775. The van der Waals surface area contributed by atoms with Crippen LogP contribution in [0.5, 0.6) is 0 Å². The number of hydrogen-bond donors (Lipinski definition) is 0. The molecule has 1 heteroatoms. The van der Waals surface area contributed by atoms with Crippen LogP contribution in [0.1, 0.15) is 32.6 Å². The molecule has 0 heterocycles. The van der Waals surface area contributed by atoms with Crippen molar-refractivity contribution in [2.24, 2.45) is 0 Å². The fourth-order valence-corrected chi connectivity index (χ4v) is 1.89. The number of rotatable bonds is 8. The molecule has 0 saturated heterocycles. The molecule has 0 aliphatic heterocycles. The van der Waals surface area contributed by atoms with Gasteiger partial charge in [0.15, 0.2) is 0 Å². The number of nitrogens with zero attached hydrogens (tertiary/aromatic N) is 1. The van der Waals surface area contributed by atoms with Gasteiger partial charge in [-0.05, 0) is 18.6 Å². The van der Waals surface area contributed by atoms with Crippen molar-refractivity contribution >= 4 is 5.69 Å². The van der Waals surface area contributed by atoms with E-state index < -0.39 is 0 Å². The van der Waals surface area contributed by atoms with Crippen LogP contribution in [0.3, 0.4) is 0 Å². The molecule has 0 bridgehead atoms. The summed E-state index contributed by atoms with van der Waals surface area (Å²) in [5.74, 6) is 6.56. The average Bonchev–Trinajstić information content (AvgIpc) is 2.50. The maximum Gasteiger partial charge on any atom is 0.0797 e. The van der Waals surface area contributed by atoms with E-state index in [4.69, 9.17) is 0 Å². The first-order valence-corrected chi connectivity index (χ1v) is 7.41. The van der Waals surface area contributed by atoms with Crippen molar-refractivity contribution in [1.82, 2.24) is 0 Å². The van der Waals surface area contributed by atoms with E-state index in [1.54, 1.807) is 6.08 Å². The summed E-state index contributed by atoms with van der Waals surface area (Å²) in [6.07, 6.45) is 10.6. The van der Waals surface area contributed by atoms with Crippen LogP contribution >= 0.6 is 0 Å². The van der Waals surface area contributed by atoms with E-state index in [0.29, 0.717) is 0 Å². The van der Waals surface area contributed by atoms with Crippen LogP contribution in [0.2, 0.25) is 0 Å². The van der Waals surface area contributed by atoms with Gasteiger partial charge in [-0.1, -0.05) is 68.7 Å². The number of hydrogen-bond acceptors (Lipinski definition) is 1. The summed E-state index contributed by atoms with van der Waals surface area (Å²) >= 11 is 0. The average molecular weight is 267 g/mol. The fraction of sp³-hybridized carbons (Fsp3) is 0.368. The maximum atomic E-state index is 3.70. The Kier molecular flexibility index (Phi) is 8.81. The van der Waals surface area contributed by atoms with Crippen molar-refractivity contribution < 1.29 is 0 Å². The molecule has 0 amide bonds. The highest BCUT2D eigenvalue weighted by Gasteiger charge is 2.01. The van der Waals surface area contributed by atoms with Crippen LogP contribution in [0.15, 0.2) is 55.1 Å². The van der Waals surface area contributed by atoms with Crippen LogP contribution < -0.4 is 4.90 Å². The summed E-state index contributed by atoms with van der Waals surface area (Å²) in [6, 6.07) is 10.4. The molecule has 0 radical (unpaired) electrons. The van der Waals surface area contributed by atoms with Crippen molar-refractivity contribution in [1.29, 1.82) is 0 Å². The lowest BCUT2D eigenvalue weighted by atomic mass is 10.2. The molecule has 1 rings (SSSR count). The van der Waals surface area contributed by atoms with Crippen LogP contribution in [0.25, 0.3) is 0 Å². The molecule has 20 heavy (non-hydrogen) atoms. The zero-order valence-electron chi connectivity index (χ0n) is 12.5. The van der Waals surface area contributed by atoms with Gasteiger partial charge in [0, 0.05) is 18.7 Å². The summed E-state index contributed by atoms with van der Waals surface area (Å²) in [7, 11) is 0. The van der Waals surface area contributed by atoms with Crippen LogP contribution in [0, 0.1) is 11.8 Å². The summed E-state index contributed by atoms with van der Waals surface area (Å²) in [4.78, 5) is 2.27. The van der Waals surface area contributed by atoms with Gasteiger partial charge in [0.2, 0.25) is 0 Å². The lowest BCUT2D eigenvalue weighted by Crippen LogP contribution is -2.23. The number of benzene rings is 1. The van der Waals surface area contributed by atoms with E-state index in [-0.39, 0.29) is 0 Å². The zero-order valence-corrected chi connectivity index (χ0v) is 12.5.